The first-order chi connectivity index (χ1) is 27.4. The molecule has 304 valence electrons. The predicted molar refractivity (Wildman–Crippen MR) is 222 cm³/mol. The molecule has 0 spiro atoms. The standard InChI is InChI=1S/C42H55N9O3.CH2O2/c1-8-48(7)23-24-53-31-16-12-15-30(25-31)51-39(26-37(47-51)42(4,5)6)44-40(52)43-35-20-21-36(34-18-10-9-17-33(34)35)54-32-19-22-38-45-46-41(49(38)27-32)50-28(2)13-11-14-29(50)3;2-1-3/h9-10,12,15-19,22,25-29,35-36H,8,11,13-14,20-21,23-24H2,1-7H3,(H2,43,44,52);1H,(H,2,3)/t28-,29+,35-,36+;/m0./s1. The fourth-order valence-corrected chi connectivity index (χ4v) is 7.63. The summed E-state index contributed by atoms with van der Waals surface area (Å²) in [4.78, 5) is 26.7. The van der Waals surface area contributed by atoms with Gasteiger partial charge in [-0.3, -0.25) is 14.5 Å². The molecule has 1 saturated heterocycles. The van der Waals surface area contributed by atoms with Crippen molar-refractivity contribution >= 4 is 29.9 Å². The molecule has 1 aliphatic heterocycles. The van der Waals surface area contributed by atoms with E-state index in [-0.39, 0.29) is 30.1 Å². The molecule has 2 amide bonds. The normalized spacial score (nSPS) is 19.3. The minimum atomic E-state index is -0.294. The van der Waals surface area contributed by atoms with Gasteiger partial charge in [0.1, 0.15) is 30.0 Å². The molecule has 57 heavy (non-hydrogen) atoms. The molecule has 5 aromatic rings. The molecule has 1 fully saturated rings. The van der Waals surface area contributed by atoms with Crippen molar-refractivity contribution in [3.63, 3.8) is 0 Å². The fourth-order valence-electron chi connectivity index (χ4n) is 7.63. The van der Waals surface area contributed by atoms with Crippen LogP contribution in [0.15, 0.2) is 72.9 Å². The van der Waals surface area contributed by atoms with Gasteiger partial charge >= 0.3 is 6.03 Å². The Morgan fingerprint density at radius 3 is 2.42 bits per heavy atom. The molecule has 14 heteroatoms. The molecule has 4 atom stereocenters. The summed E-state index contributed by atoms with van der Waals surface area (Å²) in [6.45, 7) is 15.1. The minimum absolute atomic E-state index is 0.167. The number of nitrogens with one attached hydrogen (secondary N) is 2. The molecule has 7 rings (SSSR count). The summed E-state index contributed by atoms with van der Waals surface area (Å²) in [6.07, 6.45) is 6.82. The number of likely N-dealkylation sites (N-methyl/N-ethyl adjacent to an activating group) is 1. The van der Waals surface area contributed by atoms with E-state index in [0.717, 1.165) is 84.4 Å². The minimum Gasteiger partial charge on any atom is -0.492 e. The van der Waals surface area contributed by atoms with Crippen LogP contribution in [-0.4, -0.2) is 85.7 Å². The lowest BCUT2D eigenvalue weighted by atomic mass is 9.85. The van der Waals surface area contributed by atoms with Crippen LogP contribution in [0.5, 0.6) is 11.5 Å². The number of ether oxygens (including phenoxy) is 2. The number of nitrogens with zero attached hydrogens (tertiary/aromatic N) is 7. The van der Waals surface area contributed by atoms with Crippen LogP contribution in [0.2, 0.25) is 0 Å². The van der Waals surface area contributed by atoms with Crippen LogP contribution in [0.4, 0.5) is 16.6 Å². The van der Waals surface area contributed by atoms with Crippen LogP contribution in [0.25, 0.3) is 11.3 Å². The molecular formula is C43H57N9O5. The number of pyridine rings is 1. The van der Waals surface area contributed by atoms with Crippen LogP contribution in [-0.2, 0) is 10.2 Å². The first-order valence-corrected chi connectivity index (χ1v) is 20.0. The van der Waals surface area contributed by atoms with Gasteiger partial charge in [0.2, 0.25) is 5.95 Å². The number of benzene rings is 2. The lowest BCUT2D eigenvalue weighted by Gasteiger charge is -2.39. The molecule has 0 radical (unpaired) electrons. The molecule has 0 unspecified atom stereocenters. The van der Waals surface area contributed by atoms with Crippen LogP contribution in [0.1, 0.15) is 103 Å². The first-order valence-electron chi connectivity index (χ1n) is 20.0. The average Bonchev–Trinajstić information content (AvgIpc) is 3.81. The second-order valence-corrected chi connectivity index (χ2v) is 16.0. The number of carbonyl (C=O) groups excluding carboxylic acids is 1. The first kappa shape index (κ1) is 41.0. The summed E-state index contributed by atoms with van der Waals surface area (Å²) < 4.78 is 16.6. The number of anilines is 2. The van der Waals surface area contributed by atoms with Gasteiger partial charge in [0, 0.05) is 36.2 Å². The maximum absolute atomic E-state index is 13.8. The highest BCUT2D eigenvalue weighted by Crippen LogP contribution is 2.39. The maximum Gasteiger partial charge on any atom is 0.320 e. The predicted octanol–water partition coefficient (Wildman–Crippen LogP) is 7.79. The average molecular weight is 780 g/mol. The SMILES string of the molecule is CCN(C)CCOc1cccc(-n2nc(C(C)(C)C)cc2NC(=O)N[C@H]2CC[C@@H](Oc3ccc4nnc(N5[C@H](C)CCC[C@@H]5C)n4c3)c3ccccc32)c1.O=CO. The molecule has 0 saturated carbocycles. The van der Waals surface area contributed by atoms with E-state index in [1.54, 1.807) is 4.68 Å². The lowest BCUT2D eigenvalue weighted by Crippen LogP contribution is -2.44. The molecular weight excluding hydrogens is 723 g/mol. The molecule has 2 aromatic carbocycles. The Labute approximate surface area is 335 Å². The quantitative estimate of drug-likeness (QED) is 0.113. The van der Waals surface area contributed by atoms with Crippen molar-refractivity contribution in [3.8, 4) is 17.2 Å². The third-order valence-electron chi connectivity index (χ3n) is 10.9. The summed E-state index contributed by atoms with van der Waals surface area (Å²) >= 11 is 0. The van der Waals surface area contributed by atoms with Crippen molar-refractivity contribution in [2.24, 2.45) is 0 Å². The Hall–Kier alpha value is -5.63. The van der Waals surface area contributed by atoms with Gasteiger partial charge in [-0.2, -0.15) is 5.10 Å². The number of fused-ring (bicyclic) bond motifs is 2. The van der Waals surface area contributed by atoms with Crippen LogP contribution in [0.3, 0.4) is 0 Å². The number of carbonyl (C=O) groups is 2. The zero-order chi connectivity index (χ0) is 40.7. The number of hydrogen-bond donors (Lipinski definition) is 3. The van der Waals surface area contributed by atoms with Gasteiger partial charge < -0.3 is 29.7 Å². The zero-order valence-corrected chi connectivity index (χ0v) is 34.2. The van der Waals surface area contributed by atoms with Crippen molar-refractivity contribution in [1.82, 2.24) is 34.6 Å². The van der Waals surface area contributed by atoms with Crippen molar-refractivity contribution in [2.45, 2.75) is 103 Å². The van der Waals surface area contributed by atoms with E-state index < -0.39 is 0 Å². The van der Waals surface area contributed by atoms with E-state index >= 15 is 0 Å². The Morgan fingerprint density at radius 1 is 0.965 bits per heavy atom. The number of rotatable bonds is 11. The van der Waals surface area contributed by atoms with E-state index in [4.69, 9.17) is 24.5 Å². The molecule has 0 bridgehead atoms. The smallest absolute Gasteiger partial charge is 0.320 e. The number of amides is 2. The van der Waals surface area contributed by atoms with Gasteiger partial charge in [-0.1, -0.05) is 58.0 Å². The molecule has 4 heterocycles. The van der Waals surface area contributed by atoms with Crippen LogP contribution >= 0.6 is 0 Å². The Bertz CT molecular complexity index is 2120. The molecule has 2 aliphatic rings. The monoisotopic (exact) mass is 779 g/mol. The number of hydrogen-bond acceptors (Lipinski definition) is 9. The van der Waals surface area contributed by atoms with Crippen molar-refractivity contribution < 1.29 is 24.2 Å². The Balaban J connectivity index is 0.00000177. The Kier molecular flexibility index (Phi) is 13.0. The van der Waals surface area contributed by atoms with Gasteiger partial charge in [-0.25, -0.2) is 9.48 Å². The molecule has 1 aliphatic carbocycles. The second-order valence-electron chi connectivity index (χ2n) is 16.0. The fraction of sp³-hybridized carbons (Fsp3) is 0.465. The van der Waals surface area contributed by atoms with Crippen LogP contribution < -0.4 is 25.0 Å². The summed E-state index contributed by atoms with van der Waals surface area (Å²) in [7, 11) is 2.07. The van der Waals surface area contributed by atoms with Gasteiger partial charge in [0.05, 0.1) is 23.6 Å². The third-order valence-corrected chi connectivity index (χ3v) is 10.9. The van der Waals surface area contributed by atoms with E-state index in [2.05, 4.69) is 95.8 Å². The van der Waals surface area contributed by atoms with Gasteiger partial charge in [0.15, 0.2) is 5.65 Å². The van der Waals surface area contributed by atoms with E-state index in [0.29, 0.717) is 24.5 Å². The summed E-state index contributed by atoms with van der Waals surface area (Å²) in [5.74, 6) is 2.96. The zero-order valence-electron chi connectivity index (χ0n) is 34.2. The molecule has 3 aromatic heterocycles. The number of piperidine rings is 1. The summed E-state index contributed by atoms with van der Waals surface area (Å²) in [6, 6.07) is 22.3. The molecule has 3 N–H and O–H groups in total. The van der Waals surface area contributed by atoms with E-state index in [1.807, 2.05) is 60.8 Å². The largest absolute Gasteiger partial charge is 0.492 e. The highest BCUT2D eigenvalue weighted by Gasteiger charge is 2.31. The lowest BCUT2D eigenvalue weighted by molar-refractivity contribution is -0.122. The Morgan fingerprint density at radius 2 is 1.70 bits per heavy atom. The summed E-state index contributed by atoms with van der Waals surface area (Å²) in [5.41, 5.74) is 4.37. The number of urea groups is 1. The van der Waals surface area contributed by atoms with Gasteiger partial charge in [-0.15, -0.1) is 10.2 Å². The van der Waals surface area contributed by atoms with E-state index in [1.165, 1.54) is 6.42 Å². The number of carboxylic acid groups (broad SMARTS) is 1. The van der Waals surface area contributed by atoms with Gasteiger partial charge in [-0.05, 0) is 94.9 Å². The highest BCUT2D eigenvalue weighted by molar-refractivity contribution is 5.89. The van der Waals surface area contributed by atoms with Crippen molar-refractivity contribution in [1.29, 1.82) is 0 Å². The van der Waals surface area contributed by atoms with Crippen molar-refractivity contribution in [3.05, 3.63) is 89.7 Å². The number of aromatic nitrogens is 5. The molecule has 14 nitrogen and oxygen atoms in total. The van der Waals surface area contributed by atoms with E-state index in [9.17, 15) is 4.79 Å². The second kappa shape index (κ2) is 18.1. The summed E-state index contributed by atoms with van der Waals surface area (Å²) in [5, 5.41) is 27.3. The topological polar surface area (TPSA) is 151 Å². The maximum atomic E-state index is 13.8. The highest BCUT2D eigenvalue weighted by atomic mass is 16.5. The van der Waals surface area contributed by atoms with Crippen LogP contribution in [0, 0.1) is 0 Å². The van der Waals surface area contributed by atoms with Crippen molar-refractivity contribution in [2.75, 3.05) is 37.0 Å². The van der Waals surface area contributed by atoms with Gasteiger partial charge in [0.25, 0.3) is 6.47 Å². The third kappa shape index (κ3) is 9.67.